The Hall–Kier alpha value is -2.24. The first-order valence-corrected chi connectivity index (χ1v) is 8.61. The number of amides is 1. The van der Waals surface area contributed by atoms with Crippen molar-refractivity contribution in [3.63, 3.8) is 0 Å². The summed E-state index contributed by atoms with van der Waals surface area (Å²) in [6.07, 6.45) is 0.0434. The van der Waals surface area contributed by atoms with Crippen molar-refractivity contribution >= 4 is 5.91 Å². The van der Waals surface area contributed by atoms with E-state index in [-0.39, 0.29) is 30.5 Å². The van der Waals surface area contributed by atoms with Gasteiger partial charge in [0.15, 0.2) is 0 Å². The Morgan fingerprint density at radius 2 is 1.68 bits per heavy atom. The molecule has 2 aromatic rings. The quantitative estimate of drug-likeness (QED) is 0.857. The lowest BCUT2D eigenvalue weighted by Crippen LogP contribution is -2.53. The molecule has 2 aliphatic heterocycles. The van der Waals surface area contributed by atoms with Crippen LogP contribution in [-0.2, 0) is 22.6 Å². The zero-order valence-corrected chi connectivity index (χ0v) is 14.0. The molecule has 0 bridgehead atoms. The lowest BCUT2D eigenvalue weighted by Gasteiger charge is -2.36. The van der Waals surface area contributed by atoms with Crippen molar-refractivity contribution in [2.24, 2.45) is 0 Å². The molecule has 0 spiro atoms. The molecule has 5 heteroatoms. The molecule has 25 heavy (non-hydrogen) atoms. The Bertz CT molecular complexity index is 735. The molecule has 4 rings (SSSR count). The molecule has 2 heterocycles. The van der Waals surface area contributed by atoms with E-state index in [1.165, 1.54) is 17.7 Å². The summed E-state index contributed by atoms with van der Waals surface area (Å²) in [6, 6.07) is 16.7. The molecule has 0 N–H and O–H groups in total. The van der Waals surface area contributed by atoms with Gasteiger partial charge in [0.2, 0.25) is 5.91 Å². The third kappa shape index (κ3) is 3.57. The summed E-state index contributed by atoms with van der Waals surface area (Å²) in [5, 5.41) is 0. The van der Waals surface area contributed by atoms with Crippen molar-refractivity contribution in [1.29, 1.82) is 0 Å². The number of morpholine rings is 1. The van der Waals surface area contributed by atoms with Crippen LogP contribution in [0.15, 0.2) is 54.6 Å². The summed E-state index contributed by atoms with van der Waals surface area (Å²) in [4.78, 5) is 16.6. The maximum atomic E-state index is 13.1. The average molecular weight is 340 g/mol. The molecule has 2 atom stereocenters. The highest BCUT2D eigenvalue weighted by Gasteiger charge is 2.42. The van der Waals surface area contributed by atoms with Crippen molar-refractivity contribution in [2.75, 3.05) is 19.7 Å². The number of halogens is 1. The normalized spacial score (nSPS) is 23.7. The van der Waals surface area contributed by atoms with Gasteiger partial charge in [0.1, 0.15) is 12.4 Å². The zero-order chi connectivity index (χ0) is 17.2. The van der Waals surface area contributed by atoms with Crippen LogP contribution in [0.2, 0.25) is 0 Å². The van der Waals surface area contributed by atoms with Crippen LogP contribution < -0.4 is 0 Å². The van der Waals surface area contributed by atoms with Crippen LogP contribution in [0.4, 0.5) is 4.39 Å². The first kappa shape index (κ1) is 16.2. The van der Waals surface area contributed by atoms with Gasteiger partial charge in [0.05, 0.1) is 12.1 Å². The molecule has 130 valence electrons. The number of fused-ring (bicyclic) bond motifs is 1. The van der Waals surface area contributed by atoms with Crippen LogP contribution >= 0.6 is 0 Å². The lowest BCUT2D eigenvalue weighted by molar-refractivity contribution is -0.153. The fourth-order valence-corrected chi connectivity index (χ4v) is 3.70. The molecule has 2 fully saturated rings. The van der Waals surface area contributed by atoms with E-state index in [1.807, 2.05) is 23.1 Å². The van der Waals surface area contributed by atoms with Crippen molar-refractivity contribution in [1.82, 2.24) is 9.80 Å². The summed E-state index contributed by atoms with van der Waals surface area (Å²) in [6.45, 7) is 3.11. The zero-order valence-electron chi connectivity index (χ0n) is 14.0. The number of benzene rings is 2. The largest absolute Gasteiger partial charge is 0.365 e. The molecule has 2 aliphatic rings. The molecule has 4 nitrogen and oxygen atoms in total. The fourth-order valence-electron chi connectivity index (χ4n) is 3.70. The van der Waals surface area contributed by atoms with Gasteiger partial charge in [0.25, 0.3) is 0 Å². The predicted molar refractivity (Wildman–Crippen MR) is 92.2 cm³/mol. The molecule has 0 unspecified atom stereocenters. The number of ether oxygens (including phenoxy) is 1. The smallest absolute Gasteiger partial charge is 0.249 e. The monoisotopic (exact) mass is 340 g/mol. The Balaban J connectivity index is 1.46. The van der Waals surface area contributed by atoms with Crippen LogP contribution in [0.5, 0.6) is 0 Å². The van der Waals surface area contributed by atoms with E-state index in [4.69, 9.17) is 4.74 Å². The second kappa shape index (κ2) is 6.94. The van der Waals surface area contributed by atoms with Crippen LogP contribution in [0.25, 0.3) is 0 Å². The fraction of sp³-hybridized carbons (Fsp3) is 0.350. The Morgan fingerprint density at radius 3 is 2.44 bits per heavy atom. The van der Waals surface area contributed by atoms with E-state index in [0.29, 0.717) is 6.54 Å². The van der Waals surface area contributed by atoms with Gasteiger partial charge < -0.3 is 9.64 Å². The van der Waals surface area contributed by atoms with Crippen molar-refractivity contribution in [3.05, 3.63) is 71.5 Å². The topological polar surface area (TPSA) is 32.8 Å². The van der Waals surface area contributed by atoms with Crippen LogP contribution in [0.3, 0.4) is 0 Å². The summed E-state index contributed by atoms with van der Waals surface area (Å²) in [7, 11) is 0. The number of carbonyl (C=O) groups is 1. The van der Waals surface area contributed by atoms with Crippen molar-refractivity contribution in [3.8, 4) is 0 Å². The molecular formula is C20H21FN2O2. The van der Waals surface area contributed by atoms with E-state index >= 15 is 0 Å². The van der Waals surface area contributed by atoms with Gasteiger partial charge in [-0.05, 0) is 23.3 Å². The first-order valence-electron chi connectivity index (χ1n) is 8.61. The molecule has 1 amide bonds. The number of hydrogen-bond donors (Lipinski definition) is 0. The van der Waals surface area contributed by atoms with E-state index in [0.717, 1.165) is 25.2 Å². The molecule has 2 aromatic carbocycles. The van der Waals surface area contributed by atoms with Gasteiger partial charge in [-0.3, -0.25) is 9.69 Å². The van der Waals surface area contributed by atoms with Gasteiger partial charge >= 0.3 is 0 Å². The highest BCUT2D eigenvalue weighted by molar-refractivity contribution is 5.78. The van der Waals surface area contributed by atoms with Gasteiger partial charge in [-0.1, -0.05) is 42.5 Å². The van der Waals surface area contributed by atoms with Crippen molar-refractivity contribution < 1.29 is 13.9 Å². The van der Waals surface area contributed by atoms with Crippen LogP contribution in [0.1, 0.15) is 11.1 Å². The van der Waals surface area contributed by atoms with E-state index in [9.17, 15) is 9.18 Å². The van der Waals surface area contributed by atoms with Gasteiger partial charge in [-0.25, -0.2) is 4.39 Å². The summed E-state index contributed by atoms with van der Waals surface area (Å²) in [5.41, 5.74) is 2.20. The molecule has 0 saturated carbocycles. The van der Waals surface area contributed by atoms with Crippen LogP contribution in [-0.4, -0.2) is 47.5 Å². The highest BCUT2D eigenvalue weighted by atomic mass is 19.1. The second-order valence-electron chi connectivity index (χ2n) is 6.74. The number of likely N-dealkylation sites (tertiary alicyclic amines) is 1. The maximum absolute atomic E-state index is 13.1. The van der Waals surface area contributed by atoms with Gasteiger partial charge in [-0.2, -0.15) is 0 Å². The average Bonchev–Trinajstić information content (AvgIpc) is 3.03. The number of hydrogen-bond acceptors (Lipinski definition) is 3. The minimum absolute atomic E-state index is 0.00661. The Labute approximate surface area is 146 Å². The molecule has 2 saturated heterocycles. The molecule has 0 radical (unpaired) electrons. The van der Waals surface area contributed by atoms with Gasteiger partial charge in [0, 0.05) is 26.2 Å². The highest BCUT2D eigenvalue weighted by Crippen LogP contribution is 2.26. The minimum Gasteiger partial charge on any atom is -0.365 e. The summed E-state index contributed by atoms with van der Waals surface area (Å²) >= 11 is 0. The summed E-state index contributed by atoms with van der Waals surface area (Å²) in [5.74, 6) is -0.253. The first-order chi connectivity index (χ1) is 12.2. The maximum Gasteiger partial charge on any atom is 0.249 e. The number of rotatable bonds is 4. The van der Waals surface area contributed by atoms with E-state index < -0.39 is 0 Å². The van der Waals surface area contributed by atoms with E-state index in [2.05, 4.69) is 17.0 Å². The third-order valence-corrected chi connectivity index (χ3v) is 4.97. The Kier molecular flexibility index (Phi) is 4.51. The van der Waals surface area contributed by atoms with Gasteiger partial charge in [-0.15, -0.1) is 0 Å². The van der Waals surface area contributed by atoms with E-state index in [1.54, 1.807) is 12.1 Å². The van der Waals surface area contributed by atoms with Crippen LogP contribution in [0, 0.1) is 5.82 Å². The minimum atomic E-state index is -0.259. The predicted octanol–water partition coefficient (Wildman–Crippen LogP) is 2.44. The van der Waals surface area contributed by atoms with Crippen molar-refractivity contribution in [2.45, 2.75) is 25.2 Å². The molecular weight excluding hydrogens is 319 g/mol. The standard InChI is InChI=1S/C20H21FN2O2/c21-17-8-6-16(7-9-17)11-23-18-12-22(10-15-4-2-1-3-5-15)13-19(18)25-14-20(23)24/h1-9,18-19H,10-14H2/t18-,19+/m1/s1. The lowest BCUT2D eigenvalue weighted by atomic mass is 10.1. The SMILES string of the molecule is O=C1CO[C@H]2CN(Cc3ccccc3)C[C@H]2N1Cc1ccc(F)cc1. The number of nitrogens with zero attached hydrogens (tertiary/aromatic N) is 2. The Morgan fingerprint density at radius 1 is 0.960 bits per heavy atom. The molecule has 0 aliphatic carbocycles. The molecule has 0 aromatic heterocycles. The second-order valence-corrected chi connectivity index (χ2v) is 6.74. The third-order valence-electron chi connectivity index (χ3n) is 4.97. The number of carbonyl (C=O) groups excluding carboxylic acids is 1. The summed E-state index contributed by atoms with van der Waals surface area (Å²) < 4.78 is 18.9.